The second-order valence-electron chi connectivity index (χ2n) is 7.26. The lowest BCUT2D eigenvalue weighted by molar-refractivity contribution is -0.134. The first kappa shape index (κ1) is 22.0. The lowest BCUT2D eigenvalue weighted by Gasteiger charge is -2.43. The molecule has 24 heavy (non-hydrogen) atoms. The Labute approximate surface area is 158 Å². The van der Waals surface area contributed by atoms with Crippen molar-refractivity contribution < 1.29 is 9.53 Å². The topological polar surface area (TPSA) is 44.8 Å². The molecule has 2 aliphatic heterocycles. The Morgan fingerprint density at radius 1 is 1.17 bits per heavy atom. The van der Waals surface area contributed by atoms with Crippen LogP contribution >= 0.6 is 24.8 Å². The van der Waals surface area contributed by atoms with Crippen LogP contribution in [-0.2, 0) is 9.53 Å². The van der Waals surface area contributed by atoms with Crippen LogP contribution in [0.2, 0.25) is 0 Å². The first-order valence-corrected chi connectivity index (χ1v) is 8.99. The molecular formula is C17H33Cl2N3O2. The molecule has 1 atom stereocenters. The van der Waals surface area contributed by atoms with E-state index in [0.29, 0.717) is 11.8 Å². The first-order chi connectivity index (χ1) is 10.7. The van der Waals surface area contributed by atoms with Crippen LogP contribution in [0, 0.1) is 5.92 Å². The molecule has 0 aromatic rings. The number of hydrogen-bond donors (Lipinski definition) is 1. The summed E-state index contributed by atoms with van der Waals surface area (Å²) in [4.78, 5) is 17.5. The van der Waals surface area contributed by atoms with Gasteiger partial charge in [0, 0.05) is 38.1 Å². The van der Waals surface area contributed by atoms with Gasteiger partial charge in [-0.15, -0.1) is 24.8 Å². The van der Waals surface area contributed by atoms with Crippen LogP contribution in [0.1, 0.15) is 38.5 Å². The molecule has 2 saturated heterocycles. The molecule has 1 saturated carbocycles. The zero-order valence-electron chi connectivity index (χ0n) is 14.8. The number of morpholine rings is 1. The Balaban J connectivity index is 0.00000144. The van der Waals surface area contributed by atoms with Gasteiger partial charge in [0.2, 0.25) is 5.91 Å². The van der Waals surface area contributed by atoms with Crippen molar-refractivity contribution >= 4 is 30.7 Å². The van der Waals surface area contributed by atoms with Gasteiger partial charge in [0.1, 0.15) is 0 Å². The molecule has 3 rings (SSSR count). The summed E-state index contributed by atoms with van der Waals surface area (Å²) in [6, 6.07) is 0. The van der Waals surface area contributed by atoms with Gasteiger partial charge in [-0.3, -0.25) is 9.69 Å². The minimum absolute atomic E-state index is 0. The van der Waals surface area contributed by atoms with Crippen LogP contribution < -0.4 is 5.32 Å². The van der Waals surface area contributed by atoms with Crippen LogP contribution in [0.25, 0.3) is 0 Å². The van der Waals surface area contributed by atoms with Crippen LogP contribution in [0.15, 0.2) is 0 Å². The SMILES string of the molecule is CNCC1CCN(C(=O)CC2(N3CCOCC3)CCCC2)C1.Cl.Cl. The minimum atomic E-state index is 0. The molecule has 0 aromatic heterocycles. The van der Waals surface area contributed by atoms with Gasteiger partial charge in [-0.1, -0.05) is 12.8 Å². The van der Waals surface area contributed by atoms with Crippen molar-refractivity contribution in [2.24, 2.45) is 5.92 Å². The fourth-order valence-corrected chi connectivity index (χ4v) is 4.58. The number of nitrogens with one attached hydrogen (secondary N) is 1. The van der Waals surface area contributed by atoms with Crippen molar-refractivity contribution in [1.29, 1.82) is 0 Å². The summed E-state index contributed by atoms with van der Waals surface area (Å²) in [5, 5.41) is 3.24. The Kier molecular flexibility index (Phi) is 9.31. The third-order valence-electron chi connectivity index (χ3n) is 5.83. The predicted molar refractivity (Wildman–Crippen MR) is 101 cm³/mol. The smallest absolute Gasteiger partial charge is 0.224 e. The van der Waals surface area contributed by atoms with Gasteiger partial charge < -0.3 is 15.0 Å². The van der Waals surface area contributed by atoms with Gasteiger partial charge in [0.25, 0.3) is 0 Å². The Morgan fingerprint density at radius 2 is 1.83 bits per heavy atom. The molecule has 0 aromatic carbocycles. The highest BCUT2D eigenvalue weighted by atomic mass is 35.5. The molecule has 5 nitrogen and oxygen atoms in total. The summed E-state index contributed by atoms with van der Waals surface area (Å²) in [5.74, 6) is 1.02. The van der Waals surface area contributed by atoms with Gasteiger partial charge >= 0.3 is 0 Å². The van der Waals surface area contributed by atoms with Gasteiger partial charge in [-0.25, -0.2) is 0 Å². The van der Waals surface area contributed by atoms with Crippen molar-refractivity contribution in [2.75, 3.05) is 53.0 Å². The summed E-state index contributed by atoms with van der Waals surface area (Å²) in [7, 11) is 2.00. The maximum atomic E-state index is 12.8. The molecule has 142 valence electrons. The van der Waals surface area contributed by atoms with Crippen molar-refractivity contribution in [2.45, 2.75) is 44.1 Å². The fraction of sp³-hybridized carbons (Fsp3) is 0.941. The number of halogens is 2. The van der Waals surface area contributed by atoms with E-state index in [1.54, 1.807) is 0 Å². The summed E-state index contributed by atoms with van der Waals surface area (Å²) in [6.45, 7) is 6.56. The van der Waals surface area contributed by atoms with E-state index in [1.807, 2.05) is 7.05 Å². The summed E-state index contributed by atoms with van der Waals surface area (Å²) >= 11 is 0. The highest BCUT2D eigenvalue weighted by Crippen LogP contribution is 2.39. The monoisotopic (exact) mass is 381 g/mol. The van der Waals surface area contributed by atoms with Gasteiger partial charge in [0.05, 0.1) is 13.2 Å². The number of nitrogens with zero attached hydrogens (tertiary/aromatic N) is 2. The van der Waals surface area contributed by atoms with Gasteiger partial charge in [0.15, 0.2) is 0 Å². The highest BCUT2D eigenvalue weighted by Gasteiger charge is 2.43. The fourth-order valence-electron chi connectivity index (χ4n) is 4.58. The second-order valence-corrected chi connectivity index (χ2v) is 7.26. The van der Waals surface area contributed by atoms with Crippen LogP contribution in [-0.4, -0.2) is 74.2 Å². The normalized spacial score (nSPS) is 26.7. The predicted octanol–water partition coefficient (Wildman–Crippen LogP) is 1.93. The van der Waals surface area contributed by atoms with E-state index < -0.39 is 0 Å². The Hall–Kier alpha value is -0.0700. The molecule has 1 amide bonds. The number of rotatable bonds is 5. The lowest BCUT2D eigenvalue weighted by atomic mass is 9.89. The van der Waals surface area contributed by atoms with Gasteiger partial charge in [-0.05, 0) is 38.8 Å². The van der Waals surface area contributed by atoms with E-state index in [2.05, 4.69) is 15.1 Å². The molecule has 0 radical (unpaired) electrons. The van der Waals surface area contributed by atoms with E-state index >= 15 is 0 Å². The molecule has 7 heteroatoms. The molecule has 3 aliphatic rings. The van der Waals surface area contributed by atoms with Crippen LogP contribution in [0.4, 0.5) is 0 Å². The van der Waals surface area contributed by atoms with E-state index in [0.717, 1.165) is 58.8 Å². The zero-order chi connectivity index (χ0) is 15.4. The lowest BCUT2D eigenvalue weighted by Crippen LogP contribution is -2.54. The number of amides is 1. The van der Waals surface area contributed by atoms with E-state index in [1.165, 1.54) is 25.7 Å². The molecule has 1 aliphatic carbocycles. The molecule has 0 bridgehead atoms. The quantitative estimate of drug-likeness (QED) is 0.789. The number of likely N-dealkylation sites (tertiary alicyclic amines) is 1. The molecule has 2 heterocycles. The molecule has 1 N–H and O–H groups in total. The summed E-state index contributed by atoms with van der Waals surface area (Å²) < 4.78 is 5.51. The zero-order valence-corrected chi connectivity index (χ0v) is 16.4. The van der Waals surface area contributed by atoms with Crippen molar-refractivity contribution in [1.82, 2.24) is 15.1 Å². The van der Waals surface area contributed by atoms with E-state index in [9.17, 15) is 4.79 Å². The Morgan fingerprint density at radius 3 is 2.46 bits per heavy atom. The molecule has 1 unspecified atom stereocenters. The number of ether oxygens (including phenoxy) is 1. The molecule has 3 fully saturated rings. The van der Waals surface area contributed by atoms with E-state index in [4.69, 9.17) is 4.74 Å². The second kappa shape index (κ2) is 10.2. The highest BCUT2D eigenvalue weighted by molar-refractivity contribution is 5.85. The summed E-state index contributed by atoms with van der Waals surface area (Å²) in [6.07, 6.45) is 6.79. The maximum absolute atomic E-state index is 12.8. The van der Waals surface area contributed by atoms with Crippen LogP contribution in [0.5, 0.6) is 0 Å². The average molecular weight is 382 g/mol. The Bertz CT molecular complexity index is 386. The number of carbonyl (C=O) groups excluding carboxylic acids is 1. The first-order valence-electron chi connectivity index (χ1n) is 8.99. The standard InChI is InChI=1S/C17H31N3O2.2ClH/c1-18-13-15-4-7-19(14-15)16(21)12-17(5-2-3-6-17)20-8-10-22-11-9-20;;/h15,18H,2-14H2,1H3;2*1H. The average Bonchev–Trinajstić information content (AvgIpc) is 3.19. The minimum Gasteiger partial charge on any atom is -0.379 e. The third kappa shape index (κ3) is 4.98. The molecule has 0 spiro atoms. The van der Waals surface area contributed by atoms with Crippen molar-refractivity contribution in [3.05, 3.63) is 0 Å². The maximum Gasteiger partial charge on any atom is 0.224 e. The van der Waals surface area contributed by atoms with Gasteiger partial charge in [-0.2, -0.15) is 0 Å². The largest absolute Gasteiger partial charge is 0.379 e. The number of carbonyl (C=O) groups is 1. The van der Waals surface area contributed by atoms with E-state index in [-0.39, 0.29) is 30.4 Å². The third-order valence-corrected chi connectivity index (χ3v) is 5.83. The molecular weight excluding hydrogens is 349 g/mol. The number of hydrogen-bond acceptors (Lipinski definition) is 4. The van der Waals surface area contributed by atoms with Crippen LogP contribution in [0.3, 0.4) is 0 Å². The summed E-state index contributed by atoms with van der Waals surface area (Å²) in [5.41, 5.74) is 0.127. The van der Waals surface area contributed by atoms with Crippen molar-refractivity contribution in [3.8, 4) is 0 Å². The van der Waals surface area contributed by atoms with Crippen molar-refractivity contribution in [3.63, 3.8) is 0 Å².